The summed E-state index contributed by atoms with van der Waals surface area (Å²) < 4.78 is 0. The van der Waals surface area contributed by atoms with Crippen molar-refractivity contribution in [3.05, 3.63) is 151 Å². The zero-order valence-electron chi connectivity index (χ0n) is 32.5. The number of aromatic nitrogens is 5. The van der Waals surface area contributed by atoms with E-state index in [2.05, 4.69) is 179 Å². The van der Waals surface area contributed by atoms with E-state index in [9.17, 15) is 0 Å². The standard InChI is InChI=1S/C50H42N6/c1-49(2,3)32-25-35-36-26-33(50(4,5)6)28-38-47(36)55-46(35)37(27-32)39-20-13-23-44(51-39)56(43-22-12-18-30-15-10-11-19-34(30)43)45-24-14-21-40(52-45)42-29-41(53-48(38)54-42)31-16-8-7-9-17-31/h7-29,55H,1-6H3. The molecule has 0 amide bonds. The van der Waals surface area contributed by atoms with Crippen LogP contribution < -0.4 is 4.90 Å². The van der Waals surface area contributed by atoms with Gasteiger partial charge < -0.3 is 4.98 Å². The van der Waals surface area contributed by atoms with Crippen molar-refractivity contribution >= 4 is 49.9 Å². The molecule has 0 atom stereocenters. The lowest BCUT2D eigenvalue weighted by atomic mass is 9.83. The molecule has 1 N–H and O–H groups in total. The van der Waals surface area contributed by atoms with Gasteiger partial charge in [-0.2, -0.15) is 0 Å². The van der Waals surface area contributed by atoms with E-state index >= 15 is 0 Å². The monoisotopic (exact) mass is 726 g/mol. The number of H-pyrrole nitrogens is 1. The van der Waals surface area contributed by atoms with E-state index in [0.717, 1.165) is 89.4 Å². The summed E-state index contributed by atoms with van der Waals surface area (Å²) in [6, 6.07) is 49.1. The Kier molecular flexibility index (Phi) is 7.52. The zero-order valence-corrected chi connectivity index (χ0v) is 32.5. The molecule has 0 aliphatic carbocycles. The maximum atomic E-state index is 5.51. The number of benzene rings is 5. The number of fused-ring (bicyclic) bond motifs is 11. The van der Waals surface area contributed by atoms with E-state index < -0.39 is 0 Å². The molecule has 8 bridgehead atoms. The molecule has 4 aromatic heterocycles. The lowest BCUT2D eigenvalue weighted by molar-refractivity contribution is 0.590. The molecule has 56 heavy (non-hydrogen) atoms. The topological polar surface area (TPSA) is 70.6 Å². The molecule has 0 spiro atoms. The normalized spacial score (nSPS) is 12.8. The predicted octanol–water partition coefficient (Wildman–Crippen LogP) is 13.1. The third-order valence-electron chi connectivity index (χ3n) is 11.1. The van der Waals surface area contributed by atoms with Gasteiger partial charge in [-0.15, -0.1) is 0 Å². The van der Waals surface area contributed by atoms with Crippen molar-refractivity contribution in [2.75, 3.05) is 4.90 Å². The molecule has 1 aliphatic heterocycles. The number of nitrogens with one attached hydrogen (secondary N) is 1. The largest absolute Gasteiger partial charge is 0.353 e. The first kappa shape index (κ1) is 33.9. The zero-order chi connectivity index (χ0) is 38.3. The molecule has 9 aromatic rings. The van der Waals surface area contributed by atoms with Crippen LogP contribution in [0, 0.1) is 0 Å². The Bertz CT molecular complexity index is 3000. The SMILES string of the molecule is CC(C)(C)c1cc2c3[nH]c4c(cc(C(C)(C)C)cc4c3c1)-c1nc(-c3ccccc3)cc(n1)-c1cccc(n1)N(c1cccc3ccccc13)c1cccc-2n1. The maximum absolute atomic E-state index is 5.51. The second-order valence-corrected chi connectivity index (χ2v) is 16.9. The Morgan fingerprint density at radius 1 is 0.446 bits per heavy atom. The first-order chi connectivity index (χ1) is 27.0. The molecule has 6 nitrogen and oxygen atoms in total. The van der Waals surface area contributed by atoms with Crippen molar-refractivity contribution in [3.8, 4) is 45.3 Å². The molecule has 10 rings (SSSR count). The van der Waals surface area contributed by atoms with E-state index in [1.165, 1.54) is 11.1 Å². The van der Waals surface area contributed by atoms with Crippen LogP contribution in [0.15, 0.2) is 140 Å². The molecular weight excluding hydrogens is 685 g/mol. The van der Waals surface area contributed by atoms with Gasteiger partial charge in [0.1, 0.15) is 11.6 Å². The molecular formula is C50H42N6. The summed E-state index contributed by atoms with van der Waals surface area (Å²) in [6.45, 7) is 13.6. The smallest absolute Gasteiger partial charge is 0.162 e. The number of anilines is 3. The van der Waals surface area contributed by atoms with Gasteiger partial charge in [-0.3, -0.25) is 4.90 Å². The highest BCUT2D eigenvalue weighted by molar-refractivity contribution is 6.15. The fourth-order valence-corrected chi connectivity index (χ4v) is 7.96. The predicted molar refractivity (Wildman–Crippen MR) is 232 cm³/mol. The average Bonchev–Trinajstić information content (AvgIpc) is 3.59. The van der Waals surface area contributed by atoms with Crippen molar-refractivity contribution in [2.24, 2.45) is 0 Å². The van der Waals surface area contributed by atoms with Crippen molar-refractivity contribution in [1.29, 1.82) is 0 Å². The van der Waals surface area contributed by atoms with Crippen LogP contribution in [-0.2, 0) is 10.8 Å². The van der Waals surface area contributed by atoms with Gasteiger partial charge in [0.05, 0.1) is 39.5 Å². The van der Waals surface area contributed by atoms with Gasteiger partial charge in [-0.1, -0.05) is 120 Å². The van der Waals surface area contributed by atoms with Crippen LogP contribution in [0.3, 0.4) is 0 Å². The highest BCUT2D eigenvalue weighted by Gasteiger charge is 2.26. The summed E-state index contributed by atoms with van der Waals surface area (Å²) in [7, 11) is 0. The molecule has 0 fully saturated rings. The van der Waals surface area contributed by atoms with Crippen LogP contribution >= 0.6 is 0 Å². The first-order valence-corrected chi connectivity index (χ1v) is 19.3. The van der Waals surface area contributed by atoms with Crippen LogP contribution in [0.1, 0.15) is 52.7 Å². The van der Waals surface area contributed by atoms with Crippen molar-refractivity contribution in [3.63, 3.8) is 0 Å². The fourth-order valence-electron chi connectivity index (χ4n) is 7.96. The van der Waals surface area contributed by atoms with Gasteiger partial charge >= 0.3 is 0 Å². The van der Waals surface area contributed by atoms with Gasteiger partial charge in [0.2, 0.25) is 0 Å². The number of aromatic amines is 1. The number of rotatable bonds is 2. The van der Waals surface area contributed by atoms with Gasteiger partial charge in [0, 0.05) is 32.8 Å². The fraction of sp³-hybridized carbons (Fsp3) is 0.160. The third-order valence-corrected chi connectivity index (χ3v) is 11.1. The summed E-state index contributed by atoms with van der Waals surface area (Å²) in [5.74, 6) is 2.16. The average molecular weight is 727 g/mol. The molecule has 6 heteroatoms. The Balaban J connectivity index is 1.38. The summed E-state index contributed by atoms with van der Waals surface area (Å²) in [4.78, 5) is 27.8. The number of hydrogen-bond acceptors (Lipinski definition) is 5. The van der Waals surface area contributed by atoms with Gasteiger partial charge in [0.15, 0.2) is 5.82 Å². The lowest BCUT2D eigenvalue weighted by Gasteiger charge is -2.26. The maximum Gasteiger partial charge on any atom is 0.162 e. The van der Waals surface area contributed by atoms with E-state index in [1.54, 1.807) is 0 Å². The molecule has 5 heterocycles. The van der Waals surface area contributed by atoms with E-state index in [1.807, 2.05) is 12.1 Å². The number of nitrogens with zero attached hydrogens (tertiary/aromatic N) is 5. The molecule has 0 radical (unpaired) electrons. The summed E-state index contributed by atoms with van der Waals surface area (Å²) in [6.07, 6.45) is 0. The molecule has 272 valence electrons. The molecule has 0 unspecified atom stereocenters. The van der Waals surface area contributed by atoms with Gasteiger partial charge in [-0.25, -0.2) is 19.9 Å². The van der Waals surface area contributed by atoms with Crippen LogP contribution in [0.25, 0.3) is 77.9 Å². The Morgan fingerprint density at radius 3 is 1.73 bits per heavy atom. The van der Waals surface area contributed by atoms with E-state index in [4.69, 9.17) is 19.9 Å². The lowest BCUT2D eigenvalue weighted by Crippen LogP contribution is -2.14. The van der Waals surface area contributed by atoms with Crippen LogP contribution in [0.5, 0.6) is 0 Å². The highest BCUT2D eigenvalue weighted by atomic mass is 15.2. The molecule has 0 saturated carbocycles. The summed E-state index contributed by atoms with van der Waals surface area (Å²) in [5, 5.41) is 4.55. The van der Waals surface area contributed by atoms with Crippen molar-refractivity contribution < 1.29 is 0 Å². The summed E-state index contributed by atoms with van der Waals surface area (Å²) in [5.41, 5.74) is 11.5. The first-order valence-electron chi connectivity index (χ1n) is 19.3. The van der Waals surface area contributed by atoms with E-state index in [-0.39, 0.29) is 10.8 Å². The van der Waals surface area contributed by atoms with Gasteiger partial charge in [-0.05, 0) is 88.0 Å². The number of hydrogen-bond donors (Lipinski definition) is 1. The van der Waals surface area contributed by atoms with Gasteiger partial charge in [0.25, 0.3) is 0 Å². The minimum atomic E-state index is -0.130. The van der Waals surface area contributed by atoms with Crippen molar-refractivity contribution in [1.82, 2.24) is 24.9 Å². The molecule has 1 aliphatic rings. The third kappa shape index (κ3) is 5.63. The number of pyridine rings is 2. The second-order valence-electron chi connectivity index (χ2n) is 16.9. The van der Waals surface area contributed by atoms with Crippen molar-refractivity contribution in [2.45, 2.75) is 52.4 Å². The molecule has 0 saturated heterocycles. The second kappa shape index (κ2) is 12.4. The quantitative estimate of drug-likeness (QED) is 0.192. The van der Waals surface area contributed by atoms with Crippen LogP contribution in [0.4, 0.5) is 17.3 Å². The molecule has 5 aromatic carbocycles. The highest BCUT2D eigenvalue weighted by Crippen LogP contribution is 2.44. The Hall–Kier alpha value is -6.66. The Morgan fingerprint density at radius 2 is 1.02 bits per heavy atom. The summed E-state index contributed by atoms with van der Waals surface area (Å²) >= 11 is 0. The minimum absolute atomic E-state index is 0.114. The Labute approximate surface area is 327 Å². The minimum Gasteiger partial charge on any atom is -0.353 e. The van der Waals surface area contributed by atoms with Crippen LogP contribution in [-0.4, -0.2) is 24.9 Å². The van der Waals surface area contributed by atoms with Crippen LogP contribution in [0.2, 0.25) is 0 Å². The van der Waals surface area contributed by atoms with E-state index in [0.29, 0.717) is 5.82 Å².